The van der Waals surface area contributed by atoms with Crippen LogP contribution in [0.3, 0.4) is 0 Å². The Morgan fingerprint density at radius 3 is 2.33 bits per heavy atom. The molecule has 3 amide bonds. The number of aromatic nitrogens is 1. The minimum atomic E-state index is -0.957. The van der Waals surface area contributed by atoms with Crippen LogP contribution >= 0.6 is 23.1 Å². The highest BCUT2D eigenvalue weighted by Crippen LogP contribution is 2.68. The van der Waals surface area contributed by atoms with Crippen molar-refractivity contribution in [3.63, 3.8) is 0 Å². The summed E-state index contributed by atoms with van der Waals surface area (Å²) in [5.41, 5.74) is 1.53. The standard InChI is InChI=1S/C31H31N3O7S2/c1-13(27(35)32-15-6-8-16(39-2)9-7-15)34-29(36)23-17-12-18(24(23)30(34)37)25-22(17)21(26-28(42-25)33-31(38)43-26)14-5-10-19(40-3)20(11-14)41-4/h5-11,13,17-18,21-25H,12H2,1-4H3,(H,32,35)(H,33,38). The Hall–Kier alpha value is -3.77. The first-order valence-corrected chi connectivity index (χ1v) is 15.9. The van der Waals surface area contributed by atoms with Crippen molar-refractivity contribution in [3.8, 4) is 17.2 Å². The van der Waals surface area contributed by atoms with Crippen LogP contribution in [0.5, 0.6) is 17.2 Å². The molecule has 224 valence electrons. The van der Waals surface area contributed by atoms with Gasteiger partial charge in [-0.2, -0.15) is 0 Å². The highest BCUT2D eigenvalue weighted by atomic mass is 32.2. The van der Waals surface area contributed by atoms with E-state index in [-0.39, 0.29) is 45.6 Å². The van der Waals surface area contributed by atoms with Crippen LogP contribution in [0.4, 0.5) is 5.69 Å². The molecule has 3 fully saturated rings. The van der Waals surface area contributed by atoms with Crippen molar-refractivity contribution in [2.75, 3.05) is 26.6 Å². The molecule has 2 aromatic carbocycles. The molecule has 4 aliphatic rings. The summed E-state index contributed by atoms with van der Waals surface area (Å²) in [5, 5.41) is 3.71. The predicted octanol–water partition coefficient (Wildman–Crippen LogP) is 3.96. The molecule has 7 rings (SSSR count). The molecule has 12 heteroatoms. The molecular formula is C31H31N3O7S2. The van der Waals surface area contributed by atoms with Crippen LogP contribution in [0.15, 0.2) is 52.3 Å². The number of carbonyl (C=O) groups is 3. The lowest BCUT2D eigenvalue weighted by molar-refractivity contribution is -0.146. The second kappa shape index (κ2) is 10.4. The molecular weight excluding hydrogens is 590 g/mol. The molecule has 0 radical (unpaired) electrons. The first-order chi connectivity index (χ1) is 20.7. The van der Waals surface area contributed by atoms with Gasteiger partial charge in [0.25, 0.3) is 0 Å². The summed E-state index contributed by atoms with van der Waals surface area (Å²) in [6.07, 6.45) is 0.762. The molecule has 3 aromatic rings. The van der Waals surface area contributed by atoms with Crippen molar-refractivity contribution in [1.82, 2.24) is 9.88 Å². The smallest absolute Gasteiger partial charge is 0.305 e. The minimum Gasteiger partial charge on any atom is -0.497 e. The van der Waals surface area contributed by atoms with Gasteiger partial charge in [0.2, 0.25) is 17.7 Å². The van der Waals surface area contributed by atoms with Crippen molar-refractivity contribution >= 4 is 46.5 Å². The molecule has 1 aromatic heterocycles. The van der Waals surface area contributed by atoms with Gasteiger partial charge in [-0.1, -0.05) is 17.4 Å². The number of H-pyrrole nitrogens is 1. The molecule has 0 spiro atoms. The molecule has 2 N–H and O–H groups in total. The quantitative estimate of drug-likeness (QED) is 0.380. The number of carbonyl (C=O) groups excluding carboxylic acids is 3. The Balaban J connectivity index is 1.20. The number of nitrogens with zero attached hydrogens (tertiary/aromatic N) is 1. The Bertz CT molecular complexity index is 1680. The first-order valence-electron chi connectivity index (χ1n) is 14.2. The summed E-state index contributed by atoms with van der Waals surface area (Å²) in [4.78, 5) is 58.8. The third kappa shape index (κ3) is 4.21. The molecule has 2 bridgehead atoms. The summed E-state index contributed by atoms with van der Waals surface area (Å²) in [6.45, 7) is 1.61. The van der Waals surface area contributed by atoms with Crippen LogP contribution in [0.1, 0.15) is 29.7 Å². The number of thiazole rings is 1. The zero-order valence-corrected chi connectivity index (χ0v) is 25.6. The van der Waals surface area contributed by atoms with Gasteiger partial charge >= 0.3 is 4.87 Å². The lowest BCUT2D eigenvalue weighted by Crippen LogP contribution is -2.46. The maximum absolute atomic E-state index is 14.0. The van der Waals surface area contributed by atoms with Gasteiger partial charge in [-0.05, 0) is 73.1 Å². The molecule has 1 saturated heterocycles. The summed E-state index contributed by atoms with van der Waals surface area (Å²) >= 11 is 2.83. The van der Waals surface area contributed by atoms with Gasteiger partial charge in [-0.3, -0.25) is 24.1 Å². The Kier molecular flexibility index (Phi) is 6.81. The van der Waals surface area contributed by atoms with Gasteiger partial charge in [-0.15, -0.1) is 11.8 Å². The fourth-order valence-electron chi connectivity index (χ4n) is 7.88. The molecule has 8 unspecified atom stereocenters. The fraction of sp³-hybridized carbons (Fsp3) is 0.419. The lowest BCUT2D eigenvalue weighted by Gasteiger charge is -2.43. The summed E-state index contributed by atoms with van der Waals surface area (Å²) in [6, 6.07) is 11.7. The number of benzene rings is 2. The molecule has 43 heavy (non-hydrogen) atoms. The number of hydrogen-bond donors (Lipinski definition) is 2. The van der Waals surface area contributed by atoms with Crippen molar-refractivity contribution in [2.24, 2.45) is 29.6 Å². The van der Waals surface area contributed by atoms with E-state index in [9.17, 15) is 19.2 Å². The van der Waals surface area contributed by atoms with E-state index in [1.54, 1.807) is 64.3 Å². The molecule has 8 atom stereocenters. The van der Waals surface area contributed by atoms with Crippen molar-refractivity contribution in [1.29, 1.82) is 0 Å². The van der Waals surface area contributed by atoms with Crippen molar-refractivity contribution < 1.29 is 28.6 Å². The van der Waals surface area contributed by atoms with Crippen LogP contribution in [0.25, 0.3) is 0 Å². The number of ether oxygens (including phenoxy) is 3. The van der Waals surface area contributed by atoms with Crippen LogP contribution in [-0.4, -0.2) is 60.2 Å². The van der Waals surface area contributed by atoms with Crippen LogP contribution in [0, 0.1) is 29.6 Å². The van der Waals surface area contributed by atoms with Crippen molar-refractivity contribution in [2.45, 2.75) is 35.6 Å². The van der Waals surface area contributed by atoms with E-state index in [0.29, 0.717) is 22.9 Å². The number of hydrogen-bond acceptors (Lipinski definition) is 9. The summed E-state index contributed by atoms with van der Waals surface area (Å²) in [5.74, 6) is -0.284. The van der Waals surface area contributed by atoms with Gasteiger partial charge in [0.15, 0.2) is 11.5 Å². The van der Waals surface area contributed by atoms with Gasteiger partial charge < -0.3 is 24.5 Å². The number of methoxy groups -OCH3 is 3. The second-order valence-corrected chi connectivity index (χ2v) is 13.7. The van der Waals surface area contributed by atoms with Gasteiger partial charge in [0, 0.05) is 21.7 Å². The monoisotopic (exact) mass is 621 g/mol. The highest BCUT2D eigenvalue weighted by Gasteiger charge is 2.70. The van der Waals surface area contributed by atoms with E-state index < -0.39 is 23.8 Å². The largest absolute Gasteiger partial charge is 0.497 e. The van der Waals surface area contributed by atoms with E-state index >= 15 is 0 Å². The SMILES string of the molecule is COc1ccc(NC(=O)C(C)N2C(=O)C3C4CC(C3C2=O)C2C(c3ccc(OC)c(OC)c3)c3sc(=O)[nH]c3SC42)cc1. The normalized spacial score (nSPS) is 29.1. The number of amides is 3. The maximum atomic E-state index is 14.0. The highest BCUT2D eigenvalue weighted by molar-refractivity contribution is 8.00. The minimum absolute atomic E-state index is 0.0356. The van der Waals surface area contributed by atoms with E-state index in [2.05, 4.69) is 10.3 Å². The number of aromatic amines is 1. The summed E-state index contributed by atoms with van der Waals surface area (Å²) in [7, 11) is 4.74. The van der Waals surface area contributed by atoms with E-state index in [0.717, 1.165) is 21.9 Å². The third-order valence-electron chi connectivity index (χ3n) is 9.65. The zero-order valence-electron chi connectivity index (χ0n) is 24.0. The first kappa shape index (κ1) is 28.0. The second-order valence-electron chi connectivity index (χ2n) is 11.5. The van der Waals surface area contributed by atoms with Crippen LogP contribution in [-0.2, 0) is 14.4 Å². The molecule has 10 nitrogen and oxygen atoms in total. The molecule has 2 saturated carbocycles. The number of imide groups is 1. The van der Waals surface area contributed by atoms with E-state index in [4.69, 9.17) is 14.2 Å². The predicted molar refractivity (Wildman–Crippen MR) is 161 cm³/mol. The zero-order chi connectivity index (χ0) is 30.2. The third-order valence-corrected chi connectivity index (χ3v) is 12.2. The fourth-order valence-corrected chi connectivity index (χ4v) is 10.8. The number of likely N-dealkylation sites (tertiary alicyclic amines) is 1. The Morgan fingerprint density at radius 1 is 0.953 bits per heavy atom. The number of nitrogens with one attached hydrogen (secondary N) is 2. The average Bonchev–Trinajstić information content (AvgIpc) is 3.75. The molecule has 3 heterocycles. The number of anilines is 1. The average molecular weight is 622 g/mol. The van der Waals surface area contributed by atoms with Gasteiger partial charge in [-0.25, -0.2) is 0 Å². The van der Waals surface area contributed by atoms with Gasteiger partial charge in [0.1, 0.15) is 11.8 Å². The molecule has 2 aliphatic carbocycles. The topological polar surface area (TPSA) is 127 Å². The number of fused-ring (bicyclic) bond motifs is 9. The maximum Gasteiger partial charge on any atom is 0.305 e. The Morgan fingerprint density at radius 2 is 1.65 bits per heavy atom. The van der Waals surface area contributed by atoms with Crippen LogP contribution in [0.2, 0.25) is 0 Å². The van der Waals surface area contributed by atoms with Crippen LogP contribution < -0.4 is 24.4 Å². The Labute approximate surface area is 256 Å². The number of rotatable bonds is 7. The summed E-state index contributed by atoms with van der Waals surface area (Å²) < 4.78 is 16.2. The van der Waals surface area contributed by atoms with E-state index in [1.807, 2.05) is 18.2 Å². The lowest BCUT2D eigenvalue weighted by atomic mass is 9.68. The van der Waals surface area contributed by atoms with Gasteiger partial charge in [0.05, 0.1) is 38.2 Å². The molecule has 2 aliphatic heterocycles. The van der Waals surface area contributed by atoms with E-state index in [1.165, 1.54) is 16.2 Å². The number of thioether (sulfide) groups is 1. The van der Waals surface area contributed by atoms with Crippen molar-refractivity contribution in [3.05, 3.63) is 62.6 Å².